The van der Waals surface area contributed by atoms with Crippen molar-refractivity contribution in [3.63, 3.8) is 0 Å². The molecule has 1 atom stereocenters. The molecule has 2 heterocycles. The van der Waals surface area contributed by atoms with E-state index in [4.69, 9.17) is 26.5 Å². The maximum Gasteiger partial charge on any atom is 0.138 e. The Morgan fingerprint density at radius 2 is 2.11 bits per heavy atom. The monoisotopic (exact) mass is 293 g/mol. The van der Waals surface area contributed by atoms with Gasteiger partial charge >= 0.3 is 0 Å². The smallest absolute Gasteiger partial charge is 0.138 e. The summed E-state index contributed by atoms with van der Waals surface area (Å²) in [6.45, 7) is 0. The summed E-state index contributed by atoms with van der Waals surface area (Å²) < 4.78 is 11.7. The first-order valence-electron chi connectivity index (χ1n) is 5.75. The third kappa shape index (κ3) is 2.34. The zero-order valence-corrected chi connectivity index (χ0v) is 11.8. The number of furan rings is 1. The lowest BCUT2D eigenvalue weighted by molar-refractivity contribution is 0.414. The van der Waals surface area contributed by atoms with Crippen molar-refractivity contribution in [1.29, 1.82) is 0 Å². The van der Waals surface area contributed by atoms with Crippen LogP contribution in [0.2, 0.25) is 4.34 Å². The van der Waals surface area contributed by atoms with E-state index in [0.717, 1.165) is 31.7 Å². The minimum Gasteiger partial charge on any atom is -0.497 e. The topological polar surface area (TPSA) is 48.4 Å². The van der Waals surface area contributed by atoms with Gasteiger partial charge in [0.15, 0.2) is 0 Å². The largest absolute Gasteiger partial charge is 0.497 e. The van der Waals surface area contributed by atoms with Crippen LogP contribution in [0.25, 0.3) is 11.0 Å². The number of rotatable bonds is 3. The second-order valence-corrected chi connectivity index (χ2v) is 5.92. The zero-order chi connectivity index (χ0) is 13.4. The number of methoxy groups -OCH3 is 1. The van der Waals surface area contributed by atoms with E-state index in [9.17, 15) is 0 Å². The molecule has 98 valence electrons. The van der Waals surface area contributed by atoms with Crippen LogP contribution in [0, 0.1) is 0 Å². The summed E-state index contributed by atoms with van der Waals surface area (Å²) in [5, 5.41) is 1.01. The highest BCUT2D eigenvalue weighted by Gasteiger charge is 2.16. The van der Waals surface area contributed by atoms with Gasteiger partial charge in [-0.2, -0.15) is 0 Å². The minimum absolute atomic E-state index is 0.295. The highest BCUT2D eigenvalue weighted by Crippen LogP contribution is 2.33. The Kier molecular flexibility index (Phi) is 3.22. The first kappa shape index (κ1) is 12.5. The number of fused-ring (bicyclic) bond motifs is 1. The predicted octanol–water partition coefficient (Wildman–Crippen LogP) is 4.20. The van der Waals surface area contributed by atoms with E-state index in [2.05, 4.69) is 0 Å². The molecule has 5 heteroatoms. The van der Waals surface area contributed by atoms with Gasteiger partial charge in [-0.25, -0.2) is 0 Å². The summed E-state index contributed by atoms with van der Waals surface area (Å²) in [5.41, 5.74) is 6.96. The molecule has 2 aromatic heterocycles. The van der Waals surface area contributed by atoms with Gasteiger partial charge in [0, 0.05) is 16.3 Å². The molecule has 0 saturated carbocycles. The van der Waals surface area contributed by atoms with E-state index in [-0.39, 0.29) is 6.04 Å². The molecule has 0 radical (unpaired) electrons. The fraction of sp³-hybridized carbons (Fsp3) is 0.143. The van der Waals surface area contributed by atoms with Gasteiger partial charge in [-0.05, 0) is 30.3 Å². The van der Waals surface area contributed by atoms with Crippen molar-refractivity contribution in [3.05, 3.63) is 51.4 Å². The number of thiophene rings is 1. The van der Waals surface area contributed by atoms with Crippen LogP contribution in [0.1, 0.15) is 16.7 Å². The van der Waals surface area contributed by atoms with E-state index in [1.54, 1.807) is 7.11 Å². The maximum atomic E-state index is 6.19. The molecular formula is C14H12ClNO2S. The molecule has 3 nitrogen and oxygen atoms in total. The molecule has 0 aliphatic rings. The second-order valence-electron chi connectivity index (χ2n) is 4.17. The number of hydrogen-bond acceptors (Lipinski definition) is 4. The number of ether oxygens (including phenoxy) is 1. The number of halogens is 1. The van der Waals surface area contributed by atoms with Crippen molar-refractivity contribution >= 4 is 33.9 Å². The SMILES string of the molecule is COc1ccc2cc(C(N)c3ccc(Cl)s3)oc2c1. The number of hydrogen-bond donors (Lipinski definition) is 1. The van der Waals surface area contributed by atoms with Crippen LogP contribution in [0.15, 0.2) is 40.8 Å². The first-order chi connectivity index (χ1) is 9.17. The number of nitrogens with two attached hydrogens (primary N) is 1. The minimum atomic E-state index is -0.295. The molecule has 0 amide bonds. The number of benzene rings is 1. The molecule has 0 bridgehead atoms. The zero-order valence-electron chi connectivity index (χ0n) is 10.2. The van der Waals surface area contributed by atoms with Crippen LogP contribution in [0.4, 0.5) is 0 Å². The summed E-state index contributed by atoms with van der Waals surface area (Å²) in [4.78, 5) is 0.982. The fourth-order valence-electron chi connectivity index (χ4n) is 1.95. The van der Waals surface area contributed by atoms with Crippen LogP contribution in [-0.2, 0) is 0 Å². The maximum absolute atomic E-state index is 6.19. The molecule has 3 aromatic rings. The van der Waals surface area contributed by atoms with Gasteiger partial charge in [-0.1, -0.05) is 11.6 Å². The normalized spacial score (nSPS) is 12.8. The third-order valence-electron chi connectivity index (χ3n) is 2.95. The van der Waals surface area contributed by atoms with Crippen molar-refractivity contribution in [2.24, 2.45) is 5.73 Å². The Morgan fingerprint density at radius 1 is 1.26 bits per heavy atom. The van der Waals surface area contributed by atoms with Gasteiger partial charge in [-0.3, -0.25) is 0 Å². The Bertz CT molecular complexity index is 719. The summed E-state index contributed by atoms with van der Waals surface area (Å²) in [5.74, 6) is 1.49. The third-order valence-corrected chi connectivity index (χ3v) is 4.27. The highest BCUT2D eigenvalue weighted by atomic mass is 35.5. The summed E-state index contributed by atoms with van der Waals surface area (Å²) in [6.07, 6.45) is 0. The van der Waals surface area contributed by atoms with Gasteiger partial charge in [-0.15, -0.1) is 11.3 Å². The van der Waals surface area contributed by atoms with Crippen molar-refractivity contribution in [1.82, 2.24) is 0 Å². The molecule has 0 saturated heterocycles. The van der Waals surface area contributed by atoms with Crippen LogP contribution < -0.4 is 10.5 Å². The summed E-state index contributed by atoms with van der Waals surface area (Å²) >= 11 is 7.39. The van der Waals surface area contributed by atoms with E-state index in [0.29, 0.717) is 0 Å². The van der Waals surface area contributed by atoms with Crippen LogP contribution in [0.5, 0.6) is 5.75 Å². The van der Waals surface area contributed by atoms with E-state index in [1.165, 1.54) is 11.3 Å². The van der Waals surface area contributed by atoms with E-state index in [1.807, 2.05) is 36.4 Å². The molecule has 19 heavy (non-hydrogen) atoms. The molecule has 0 fully saturated rings. The van der Waals surface area contributed by atoms with E-state index >= 15 is 0 Å². The van der Waals surface area contributed by atoms with Gasteiger partial charge in [0.05, 0.1) is 17.5 Å². The van der Waals surface area contributed by atoms with Gasteiger partial charge in [0.25, 0.3) is 0 Å². The van der Waals surface area contributed by atoms with E-state index < -0.39 is 0 Å². The molecular weight excluding hydrogens is 282 g/mol. The average molecular weight is 294 g/mol. The standard InChI is InChI=1S/C14H12ClNO2S/c1-17-9-3-2-8-6-11(18-10(8)7-9)14(16)12-4-5-13(15)19-12/h2-7,14H,16H2,1H3. The molecule has 0 spiro atoms. The fourth-order valence-corrected chi connectivity index (χ4v) is 3.02. The molecule has 0 aliphatic carbocycles. The lowest BCUT2D eigenvalue weighted by Crippen LogP contribution is -2.08. The molecule has 2 N–H and O–H groups in total. The lowest BCUT2D eigenvalue weighted by Gasteiger charge is -2.04. The summed E-state index contributed by atoms with van der Waals surface area (Å²) in [6, 6.07) is 11.1. The Hall–Kier alpha value is -1.49. The molecule has 3 rings (SSSR count). The molecule has 1 aromatic carbocycles. The predicted molar refractivity (Wildman–Crippen MR) is 78.1 cm³/mol. The van der Waals surface area contributed by atoms with Crippen molar-refractivity contribution in [2.45, 2.75) is 6.04 Å². The first-order valence-corrected chi connectivity index (χ1v) is 6.95. The van der Waals surface area contributed by atoms with Crippen molar-refractivity contribution in [3.8, 4) is 5.75 Å². The quantitative estimate of drug-likeness (QED) is 0.787. The highest BCUT2D eigenvalue weighted by molar-refractivity contribution is 7.16. The van der Waals surface area contributed by atoms with Gasteiger partial charge in [0.2, 0.25) is 0 Å². The van der Waals surface area contributed by atoms with Crippen LogP contribution in [-0.4, -0.2) is 7.11 Å². The Morgan fingerprint density at radius 3 is 2.79 bits per heavy atom. The Labute approximate surface area is 119 Å². The average Bonchev–Trinajstić information content (AvgIpc) is 3.02. The van der Waals surface area contributed by atoms with Crippen molar-refractivity contribution in [2.75, 3.05) is 7.11 Å². The summed E-state index contributed by atoms with van der Waals surface area (Å²) in [7, 11) is 1.63. The van der Waals surface area contributed by atoms with Crippen LogP contribution in [0.3, 0.4) is 0 Å². The van der Waals surface area contributed by atoms with Crippen LogP contribution >= 0.6 is 22.9 Å². The lowest BCUT2D eigenvalue weighted by atomic mass is 10.2. The van der Waals surface area contributed by atoms with Gasteiger partial charge in [0.1, 0.15) is 17.1 Å². The Balaban J connectivity index is 2.00. The van der Waals surface area contributed by atoms with Crippen molar-refractivity contribution < 1.29 is 9.15 Å². The van der Waals surface area contributed by atoms with Gasteiger partial charge < -0.3 is 14.9 Å². The second kappa shape index (κ2) is 4.89. The molecule has 0 aliphatic heterocycles. The molecule has 1 unspecified atom stereocenters.